The summed E-state index contributed by atoms with van der Waals surface area (Å²) in [5.74, 6) is -0.434. The van der Waals surface area contributed by atoms with Crippen LogP contribution < -0.4 is 5.32 Å². The van der Waals surface area contributed by atoms with Gasteiger partial charge in [-0.3, -0.25) is 0 Å². The van der Waals surface area contributed by atoms with Gasteiger partial charge in [0.05, 0.1) is 14.2 Å². The number of alkyl carbamates (subject to hydrolysis) is 1. The number of unbranched alkanes of at least 4 members (excludes halogenated alkanes) is 2. The lowest BCUT2D eigenvalue weighted by Crippen LogP contribution is -2.41. The van der Waals surface area contributed by atoms with E-state index in [9.17, 15) is 9.59 Å². The highest BCUT2D eigenvalue weighted by atomic mass is 16.5. The second-order valence-corrected chi connectivity index (χ2v) is 3.21. The van der Waals surface area contributed by atoms with Crippen molar-refractivity contribution in [3.8, 4) is 0 Å². The summed E-state index contributed by atoms with van der Waals surface area (Å²) >= 11 is 0. The van der Waals surface area contributed by atoms with Crippen LogP contribution in [0.25, 0.3) is 0 Å². The zero-order chi connectivity index (χ0) is 11.7. The number of methoxy groups -OCH3 is 2. The Bertz CT molecular complexity index is 206. The number of hydrogen-bond donors (Lipinski definition) is 1. The molecular formula is C10H19NO4. The molecule has 1 N–H and O–H groups in total. The summed E-state index contributed by atoms with van der Waals surface area (Å²) in [7, 11) is 2.56. The van der Waals surface area contributed by atoms with E-state index in [1.165, 1.54) is 14.2 Å². The minimum atomic E-state index is -0.609. The highest BCUT2D eigenvalue weighted by molar-refractivity contribution is 5.81. The van der Waals surface area contributed by atoms with Crippen LogP contribution in [0.3, 0.4) is 0 Å². The molecular weight excluding hydrogens is 198 g/mol. The fourth-order valence-electron chi connectivity index (χ4n) is 1.19. The molecule has 0 saturated carbocycles. The highest BCUT2D eigenvalue weighted by Crippen LogP contribution is 2.05. The second-order valence-electron chi connectivity index (χ2n) is 3.21. The molecule has 0 aromatic carbocycles. The van der Waals surface area contributed by atoms with Gasteiger partial charge in [0.1, 0.15) is 6.04 Å². The molecule has 0 aromatic rings. The van der Waals surface area contributed by atoms with Crippen molar-refractivity contribution in [1.29, 1.82) is 0 Å². The summed E-state index contributed by atoms with van der Waals surface area (Å²) in [6.07, 6.45) is 2.93. The van der Waals surface area contributed by atoms with Gasteiger partial charge in [0.15, 0.2) is 0 Å². The van der Waals surface area contributed by atoms with Crippen LogP contribution in [0.1, 0.15) is 32.6 Å². The van der Waals surface area contributed by atoms with Gasteiger partial charge in [-0.2, -0.15) is 0 Å². The van der Waals surface area contributed by atoms with Crippen LogP contribution in [0.15, 0.2) is 0 Å². The number of esters is 1. The molecule has 0 aromatic heterocycles. The predicted octanol–water partition coefficient (Wildman–Crippen LogP) is 1.46. The van der Waals surface area contributed by atoms with Crippen molar-refractivity contribution in [3.63, 3.8) is 0 Å². The molecule has 0 aliphatic rings. The quantitative estimate of drug-likeness (QED) is 0.540. The number of carbonyl (C=O) groups is 2. The van der Waals surface area contributed by atoms with Crippen LogP contribution in [-0.4, -0.2) is 32.3 Å². The van der Waals surface area contributed by atoms with E-state index in [0.29, 0.717) is 6.42 Å². The molecule has 0 fully saturated rings. The fraction of sp³-hybridized carbons (Fsp3) is 0.800. The molecule has 1 atom stereocenters. The van der Waals surface area contributed by atoms with Crippen molar-refractivity contribution in [3.05, 3.63) is 0 Å². The number of nitrogens with one attached hydrogen (secondary N) is 1. The molecule has 0 unspecified atom stereocenters. The molecule has 0 aliphatic carbocycles. The van der Waals surface area contributed by atoms with Gasteiger partial charge in [-0.25, -0.2) is 9.59 Å². The summed E-state index contributed by atoms with van der Waals surface area (Å²) in [4.78, 5) is 22.2. The Balaban J connectivity index is 4.06. The van der Waals surface area contributed by atoms with E-state index in [1.807, 2.05) is 0 Å². The van der Waals surface area contributed by atoms with Crippen molar-refractivity contribution in [2.75, 3.05) is 14.2 Å². The van der Waals surface area contributed by atoms with Gasteiger partial charge in [0, 0.05) is 0 Å². The smallest absolute Gasteiger partial charge is 0.407 e. The lowest BCUT2D eigenvalue weighted by molar-refractivity contribution is -0.143. The van der Waals surface area contributed by atoms with Gasteiger partial charge >= 0.3 is 12.1 Å². The lowest BCUT2D eigenvalue weighted by Gasteiger charge is -2.15. The third kappa shape index (κ3) is 5.93. The van der Waals surface area contributed by atoms with Gasteiger partial charge in [-0.05, 0) is 6.42 Å². The topological polar surface area (TPSA) is 64.6 Å². The van der Waals surface area contributed by atoms with Crippen LogP contribution in [-0.2, 0) is 14.3 Å². The van der Waals surface area contributed by atoms with E-state index in [1.54, 1.807) is 0 Å². The average molecular weight is 217 g/mol. The summed E-state index contributed by atoms with van der Waals surface area (Å²) in [6, 6.07) is -0.603. The standard InChI is InChI=1S/C10H19NO4/c1-4-5-6-7-8(9(12)14-2)11-10(13)15-3/h8H,4-7H2,1-3H3,(H,11,13)/t8-/m0/s1. The maximum Gasteiger partial charge on any atom is 0.407 e. The van der Waals surface area contributed by atoms with Crippen LogP contribution in [0, 0.1) is 0 Å². The zero-order valence-electron chi connectivity index (χ0n) is 9.54. The number of rotatable bonds is 6. The monoisotopic (exact) mass is 217 g/mol. The first-order chi connectivity index (χ1) is 7.15. The Hall–Kier alpha value is -1.26. The Morgan fingerprint density at radius 2 is 1.87 bits per heavy atom. The molecule has 0 radical (unpaired) electrons. The lowest BCUT2D eigenvalue weighted by atomic mass is 10.1. The molecule has 1 amide bonds. The van der Waals surface area contributed by atoms with E-state index in [0.717, 1.165) is 19.3 Å². The fourth-order valence-corrected chi connectivity index (χ4v) is 1.19. The maximum absolute atomic E-state index is 11.3. The third-order valence-electron chi connectivity index (χ3n) is 2.06. The van der Waals surface area contributed by atoms with E-state index >= 15 is 0 Å². The van der Waals surface area contributed by atoms with Crippen LogP contribution in [0.5, 0.6) is 0 Å². The number of amides is 1. The minimum Gasteiger partial charge on any atom is -0.467 e. The Labute approximate surface area is 90.1 Å². The molecule has 88 valence electrons. The van der Waals surface area contributed by atoms with Crippen molar-refractivity contribution < 1.29 is 19.1 Å². The summed E-state index contributed by atoms with van der Waals surface area (Å²) in [6.45, 7) is 2.07. The normalized spacial score (nSPS) is 11.7. The van der Waals surface area contributed by atoms with Crippen molar-refractivity contribution in [2.24, 2.45) is 0 Å². The second kappa shape index (κ2) is 8.08. The number of ether oxygens (including phenoxy) is 2. The predicted molar refractivity (Wildman–Crippen MR) is 55.5 cm³/mol. The number of hydrogen-bond acceptors (Lipinski definition) is 4. The molecule has 0 heterocycles. The average Bonchev–Trinajstić information content (AvgIpc) is 2.26. The molecule has 0 spiro atoms. The Kier molecular flexibility index (Phi) is 7.40. The molecule has 0 bridgehead atoms. The molecule has 5 heteroatoms. The molecule has 0 saturated heterocycles. The summed E-state index contributed by atoms with van der Waals surface area (Å²) in [5, 5.41) is 2.44. The van der Waals surface area contributed by atoms with Crippen LogP contribution in [0.2, 0.25) is 0 Å². The van der Waals surface area contributed by atoms with E-state index in [-0.39, 0.29) is 0 Å². The summed E-state index contributed by atoms with van der Waals surface area (Å²) in [5.41, 5.74) is 0. The zero-order valence-corrected chi connectivity index (χ0v) is 9.54. The van der Waals surface area contributed by atoms with Crippen molar-refractivity contribution in [1.82, 2.24) is 5.32 Å². The maximum atomic E-state index is 11.3. The van der Waals surface area contributed by atoms with Gasteiger partial charge in [-0.1, -0.05) is 26.2 Å². The Morgan fingerprint density at radius 1 is 1.20 bits per heavy atom. The largest absolute Gasteiger partial charge is 0.467 e. The van der Waals surface area contributed by atoms with Gasteiger partial charge in [0.25, 0.3) is 0 Å². The minimum absolute atomic E-state index is 0.434. The first kappa shape index (κ1) is 13.7. The van der Waals surface area contributed by atoms with Gasteiger partial charge < -0.3 is 14.8 Å². The first-order valence-electron chi connectivity index (χ1n) is 5.08. The highest BCUT2D eigenvalue weighted by Gasteiger charge is 2.20. The van der Waals surface area contributed by atoms with Gasteiger partial charge in [-0.15, -0.1) is 0 Å². The van der Waals surface area contributed by atoms with E-state index < -0.39 is 18.1 Å². The van der Waals surface area contributed by atoms with Crippen LogP contribution >= 0.6 is 0 Å². The Morgan fingerprint density at radius 3 is 2.33 bits per heavy atom. The van der Waals surface area contributed by atoms with Gasteiger partial charge in [0.2, 0.25) is 0 Å². The third-order valence-corrected chi connectivity index (χ3v) is 2.06. The van der Waals surface area contributed by atoms with Crippen molar-refractivity contribution >= 4 is 12.1 Å². The summed E-state index contributed by atoms with van der Waals surface area (Å²) < 4.78 is 9.00. The van der Waals surface area contributed by atoms with Crippen LogP contribution in [0.4, 0.5) is 4.79 Å². The van der Waals surface area contributed by atoms with E-state index in [4.69, 9.17) is 0 Å². The number of carbonyl (C=O) groups excluding carboxylic acids is 2. The molecule has 0 rings (SSSR count). The molecule has 15 heavy (non-hydrogen) atoms. The first-order valence-corrected chi connectivity index (χ1v) is 5.08. The van der Waals surface area contributed by atoms with Crippen molar-refractivity contribution in [2.45, 2.75) is 38.6 Å². The van der Waals surface area contributed by atoms with E-state index in [2.05, 4.69) is 21.7 Å². The molecule has 0 aliphatic heterocycles. The SMILES string of the molecule is CCCCC[C@H](NC(=O)OC)C(=O)OC. The molecule has 5 nitrogen and oxygen atoms in total.